The molecule has 6 N–H and O–H groups in total. The first kappa shape index (κ1) is 42.8. The second-order valence-electron chi connectivity index (χ2n) is 17.1. The summed E-state index contributed by atoms with van der Waals surface area (Å²) < 4.78 is 3.50. The van der Waals surface area contributed by atoms with Gasteiger partial charge in [0, 0.05) is 120 Å². The van der Waals surface area contributed by atoms with Crippen molar-refractivity contribution in [2.24, 2.45) is 37.8 Å². The van der Waals surface area contributed by atoms with E-state index in [4.69, 9.17) is 22.0 Å². The monoisotopic (exact) mass is 874 g/mol. The van der Waals surface area contributed by atoms with Crippen molar-refractivity contribution in [3.63, 3.8) is 0 Å². The zero-order chi connectivity index (χ0) is 46.2. The molecule has 6 heterocycles. The topological polar surface area (TPSA) is 245 Å². The molecule has 0 unspecified atom stereocenters. The van der Waals surface area contributed by atoms with E-state index in [1.54, 1.807) is 46.5 Å². The third kappa shape index (κ3) is 8.72. The molecule has 16 nitrogen and oxygen atoms in total. The lowest BCUT2D eigenvalue weighted by molar-refractivity contribution is -0.118. The third-order valence-electron chi connectivity index (χ3n) is 12.3. The number of nitrogens with zero attached hydrogens (tertiary/aromatic N) is 10. The molecule has 6 aromatic heterocycles. The van der Waals surface area contributed by atoms with Crippen LogP contribution in [0.2, 0.25) is 0 Å². The van der Waals surface area contributed by atoms with E-state index >= 15 is 0 Å². The summed E-state index contributed by atoms with van der Waals surface area (Å²) in [7, 11) is 3.75. The van der Waals surface area contributed by atoms with E-state index in [1.807, 2.05) is 88.9 Å². The van der Waals surface area contributed by atoms with Gasteiger partial charge in [0.15, 0.2) is 0 Å². The Morgan fingerprint density at radius 3 is 1.44 bits per heavy atom. The van der Waals surface area contributed by atoms with Gasteiger partial charge >= 0.3 is 0 Å². The van der Waals surface area contributed by atoms with Crippen molar-refractivity contribution < 1.29 is 9.59 Å². The summed E-state index contributed by atoms with van der Waals surface area (Å²) in [6, 6.07) is 19.8. The number of carbonyl (C=O) groups excluding carboxylic acids is 2. The van der Waals surface area contributed by atoms with Gasteiger partial charge < -0.3 is 22.1 Å². The van der Waals surface area contributed by atoms with E-state index in [2.05, 4.69) is 52.9 Å². The number of hydrogen-bond donors (Lipinski definition) is 4. The molecular formula is C50H46N14O2. The maximum Gasteiger partial charge on any atom is 0.228 e. The van der Waals surface area contributed by atoms with E-state index in [0.29, 0.717) is 35.9 Å². The number of amides is 2. The molecule has 66 heavy (non-hydrogen) atoms. The van der Waals surface area contributed by atoms with Crippen LogP contribution in [-0.4, -0.2) is 51.3 Å². The Balaban J connectivity index is 0.000000166. The molecule has 0 aliphatic heterocycles. The molecule has 2 aromatic carbocycles. The molecule has 0 spiro atoms. The zero-order valence-electron chi connectivity index (χ0n) is 36.8. The van der Waals surface area contributed by atoms with Crippen LogP contribution in [0.15, 0.2) is 98.1 Å². The van der Waals surface area contributed by atoms with Gasteiger partial charge in [-0.15, -0.1) is 0 Å². The highest BCUT2D eigenvalue weighted by molar-refractivity contribution is 6.03. The van der Waals surface area contributed by atoms with Crippen molar-refractivity contribution in [1.29, 1.82) is 10.5 Å². The normalized spacial score (nSPS) is 17.0. The standard InChI is InChI=1S/2C25H23N7O/c2*1-14-4-6-28-24(18-11-30-32(2)13-18)23(14)17-7-16-10-22(29-12-20(16)21(27)9-17)31-25(33)19-8-15(19)3-5-26/h2*4,6-7,9-13,15,19H,3,8,27H2,1-2H3,(H,29,31,33)/t2*15-,19-/m10/s1. The van der Waals surface area contributed by atoms with Crippen molar-refractivity contribution in [2.45, 2.75) is 39.5 Å². The number of anilines is 4. The first-order chi connectivity index (χ1) is 31.9. The lowest BCUT2D eigenvalue weighted by Gasteiger charge is -2.14. The van der Waals surface area contributed by atoms with E-state index in [0.717, 1.165) is 90.3 Å². The molecule has 2 fully saturated rings. The third-order valence-corrected chi connectivity index (χ3v) is 12.3. The molecule has 2 aliphatic rings. The maximum absolute atomic E-state index is 12.5. The molecule has 16 heteroatoms. The first-order valence-electron chi connectivity index (χ1n) is 21.5. The second-order valence-corrected chi connectivity index (χ2v) is 17.1. The van der Waals surface area contributed by atoms with Gasteiger partial charge in [-0.05, 0) is 120 Å². The van der Waals surface area contributed by atoms with Crippen LogP contribution in [0.3, 0.4) is 0 Å². The Morgan fingerprint density at radius 2 is 1.06 bits per heavy atom. The van der Waals surface area contributed by atoms with Gasteiger partial charge in [-0.1, -0.05) is 0 Å². The molecule has 2 aliphatic carbocycles. The smallest absolute Gasteiger partial charge is 0.228 e. The fraction of sp³-hybridized carbons (Fsp3) is 0.240. The number of nitrogens with one attached hydrogen (secondary N) is 2. The lowest BCUT2D eigenvalue weighted by atomic mass is 9.94. The molecule has 10 rings (SSSR count). The summed E-state index contributed by atoms with van der Waals surface area (Å²) in [4.78, 5) is 43.0. The van der Waals surface area contributed by atoms with E-state index in [1.165, 1.54) is 0 Å². The molecule has 328 valence electrons. The number of nitrogen functional groups attached to an aromatic ring is 2. The van der Waals surface area contributed by atoms with Crippen molar-refractivity contribution in [2.75, 3.05) is 22.1 Å². The SMILES string of the molecule is Cc1ccnc(-c2cnn(C)c2)c1-c1cc(N)c2cnc(NC(=O)[C@@H]3C[C@H]3CC#N)cc2c1.Cc1ccnc(-c2cnn(C)c2)c1-c1cc(N)c2cnc(NC(=O)[C@H]3C[C@@H]3CC#N)cc2c1. The van der Waals surface area contributed by atoms with Crippen molar-refractivity contribution in [3.05, 3.63) is 109 Å². The summed E-state index contributed by atoms with van der Waals surface area (Å²) >= 11 is 0. The van der Waals surface area contributed by atoms with E-state index in [-0.39, 0.29) is 35.5 Å². The minimum absolute atomic E-state index is 0.0896. The number of hydrogen-bond acceptors (Lipinski definition) is 12. The molecule has 8 aromatic rings. The number of aryl methyl sites for hydroxylation is 4. The Hall–Kier alpha value is -8.50. The van der Waals surface area contributed by atoms with Gasteiger partial charge in [0.2, 0.25) is 11.8 Å². The first-order valence-corrected chi connectivity index (χ1v) is 21.5. The van der Waals surface area contributed by atoms with Crippen LogP contribution >= 0.6 is 0 Å². The molecule has 0 saturated heterocycles. The number of nitrogens with two attached hydrogens (primary N) is 2. The number of aromatic nitrogens is 8. The van der Waals surface area contributed by atoms with Crippen LogP contribution in [0.25, 0.3) is 66.3 Å². The Kier molecular flexibility index (Phi) is 11.4. The predicted octanol–water partition coefficient (Wildman–Crippen LogP) is 8.15. The average molecular weight is 875 g/mol. The quantitative estimate of drug-likeness (QED) is 0.0951. The largest absolute Gasteiger partial charge is 0.398 e. The fourth-order valence-electron chi connectivity index (χ4n) is 8.63. The average Bonchev–Trinajstić information content (AvgIpc) is 4.15. The Morgan fingerprint density at radius 1 is 0.636 bits per heavy atom. The lowest BCUT2D eigenvalue weighted by Crippen LogP contribution is -2.15. The number of fused-ring (bicyclic) bond motifs is 2. The maximum atomic E-state index is 12.5. The number of carbonyl (C=O) groups is 2. The van der Waals surface area contributed by atoms with Gasteiger partial charge in [-0.3, -0.25) is 28.9 Å². The fourth-order valence-corrected chi connectivity index (χ4v) is 8.63. The molecule has 2 amide bonds. The summed E-state index contributed by atoms with van der Waals surface area (Å²) in [5.74, 6) is 0.845. The zero-order valence-corrected chi connectivity index (χ0v) is 36.8. The highest BCUT2D eigenvalue weighted by Gasteiger charge is 2.43. The highest BCUT2D eigenvalue weighted by Crippen LogP contribution is 2.43. The molecule has 0 radical (unpaired) electrons. The number of benzene rings is 2. The van der Waals surface area contributed by atoms with Gasteiger partial charge in [0.1, 0.15) is 11.6 Å². The van der Waals surface area contributed by atoms with Crippen LogP contribution < -0.4 is 22.1 Å². The highest BCUT2D eigenvalue weighted by atomic mass is 16.2. The minimum Gasteiger partial charge on any atom is -0.398 e. The second kappa shape index (κ2) is 17.6. The van der Waals surface area contributed by atoms with Crippen molar-refractivity contribution >= 4 is 56.4 Å². The van der Waals surface area contributed by atoms with Crippen LogP contribution in [0.4, 0.5) is 23.0 Å². The van der Waals surface area contributed by atoms with E-state index in [9.17, 15) is 9.59 Å². The van der Waals surface area contributed by atoms with Gasteiger partial charge in [-0.2, -0.15) is 20.7 Å². The molecule has 0 bridgehead atoms. The van der Waals surface area contributed by atoms with Crippen molar-refractivity contribution in [1.82, 2.24) is 39.5 Å². The summed E-state index contributed by atoms with van der Waals surface area (Å²) in [6.45, 7) is 4.09. The predicted molar refractivity (Wildman–Crippen MR) is 254 cm³/mol. The van der Waals surface area contributed by atoms with E-state index < -0.39 is 0 Å². The number of pyridine rings is 4. The molecule has 4 atom stereocenters. The summed E-state index contributed by atoms with van der Waals surface area (Å²) in [6.07, 6.45) is 16.7. The Bertz CT molecular complexity index is 3080. The Labute approximate surface area is 380 Å². The van der Waals surface area contributed by atoms with Crippen LogP contribution in [-0.2, 0) is 23.7 Å². The summed E-state index contributed by atoms with van der Waals surface area (Å²) in [5.41, 5.74) is 23.5. The van der Waals surface area contributed by atoms with Crippen molar-refractivity contribution in [3.8, 4) is 56.9 Å². The number of nitriles is 2. The van der Waals surface area contributed by atoms with Crippen LogP contribution in [0, 0.1) is 60.2 Å². The van der Waals surface area contributed by atoms with Gasteiger partial charge in [0.25, 0.3) is 0 Å². The van der Waals surface area contributed by atoms with Crippen LogP contribution in [0.5, 0.6) is 0 Å². The molecule has 2 saturated carbocycles. The number of rotatable bonds is 10. The van der Waals surface area contributed by atoms with Crippen LogP contribution in [0.1, 0.15) is 36.8 Å². The molecular weight excluding hydrogens is 829 g/mol. The van der Waals surface area contributed by atoms with Gasteiger partial charge in [0.05, 0.1) is 35.9 Å². The minimum atomic E-state index is -0.112. The van der Waals surface area contributed by atoms with Gasteiger partial charge in [-0.25, -0.2) is 9.97 Å². The summed E-state index contributed by atoms with van der Waals surface area (Å²) in [5, 5.41) is 35.4.